The molecular weight excluding hydrogens is 441 g/mol. The molecule has 3 fully saturated rings. The Labute approximate surface area is 187 Å². The molecule has 176 valence electrons. The van der Waals surface area contributed by atoms with Gasteiger partial charge in [0.2, 0.25) is 11.8 Å². The van der Waals surface area contributed by atoms with Crippen molar-refractivity contribution < 1.29 is 32.6 Å². The number of aromatic nitrogens is 3. The van der Waals surface area contributed by atoms with Gasteiger partial charge in [-0.05, 0) is 38.5 Å². The van der Waals surface area contributed by atoms with Crippen LogP contribution in [0.15, 0.2) is 24.4 Å². The number of aryl methyl sites for hydroxylation is 1. The van der Waals surface area contributed by atoms with Gasteiger partial charge in [0.05, 0.1) is 40.4 Å². The molecule has 0 saturated carbocycles. The number of rotatable bonds is 4. The number of fused-ring (bicyclic) bond motifs is 5. The zero-order valence-corrected chi connectivity index (χ0v) is 18.3. The molecule has 2 bridgehead atoms. The van der Waals surface area contributed by atoms with E-state index in [1.54, 1.807) is 24.7 Å². The minimum atomic E-state index is -4.60. The molecule has 1 aromatic carbocycles. The summed E-state index contributed by atoms with van der Waals surface area (Å²) in [7, 11) is 0. The van der Waals surface area contributed by atoms with Gasteiger partial charge in [-0.15, -0.1) is 5.10 Å². The molecule has 8 nitrogen and oxygen atoms in total. The normalized spacial score (nSPS) is 33.3. The second-order valence-corrected chi connectivity index (χ2v) is 9.45. The zero-order chi connectivity index (χ0) is 23.9. The van der Waals surface area contributed by atoms with Crippen molar-refractivity contribution in [2.75, 3.05) is 11.5 Å². The van der Waals surface area contributed by atoms with Crippen molar-refractivity contribution in [2.45, 2.75) is 57.0 Å². The first kappa shape index (κ1) is 22.0. The number of carbonyl (C=O) groups is 2. The van der Waals surface area contributed by atoms with Gasteiger partial charge in [0.1, 0.15) is 5.60 Å². The molecule has 0 radical (unpaired) electrons. The highest BCUT2D eigenvalue weighted by Crippen LogP contribution is 2.64. The van der Waals surface area contributed by atoms with Gasteiger partial charge in [-0.25, -0.2) is 9.58 Å². The van der Waals surface area contributed by atoms with Crippen molar-refractivity contribution in [3.63, 3.8) is 0 Å². The fourth-order valence-electron chi connectivity index (χ4n) is 5.88. The minimum Gasteiger partial charge on any atom is -0.396 e. The van der Waals surface area contributed by atoms with Crippen molar-refractivity contribution in [1.82, 2.24) is 15.0 Å². The molecule has 5 atom stereocenters. The maximum Gasteiger partial charge on any atom is 0.416 e. The fourth-order valence-corrected chi connectivity index (χ4v) is 5.88. The number of benzene rings is 1. The third-order valence-electron chi connectivity index (χ3n) is 7.32. The van der Waals surface area contributed by atoms with Crippen molar-refractivity contribution in [1.29, 1.82) is 0 Å². The van der Waals surface area contributed by atoms with Crippen molar-refractivity contribution in [2.24, 2.45) is 11.8 Å². The molecule has 0 aliphatic carbocycles. The van der Waals surface area contributed by atoms with Crippen LogP contribution in [0.3, 0.4) is 0 Å². The second kappa shape index (κ2) is 6.86. The van der Waals surface area contributed by atoms with Gasteiger partial charge in [-0.1, -0.05) is 11.3 Å². The molecule has 2 amide bonds. The van der Waals surface area contributed by atoms with E-state index in [0.717, 1.165) is 11.0 Å². The van der Waals surface area contributed by atoms with Gasteiger partial charge in [0.15, 0.2) is 0 Å². The van der Waals surface area contributed by atoms with Gasteiger partial charge in [0.25, 0.3) is 0 Å². The maximum absolute atomic E-state index is 13.5. The standard InChI is InChI=1S/C22H23F3N4O4/c1-11-4-5-13(8-14(11)22(23,24)25)29-18(31)16-17(19(29)32)21(3)15(9-20(16,2)33-21)28-10-12(6-7-30)26-27-28/h4-5,8,10,15-17,30H,6-7,9H2,1-3H3/t15-,16-,17+,20-,21+/m1/s1. The number of nitrogens with zero attached hydrogens (tertiary/aromatic N) is 4. The highest BCUT2D eigenvalue weighted by atomic mass is 19.4. The first-order valence-electron chi connectivity index (χ1n) is 10.7. The van der Waals surface area contributed by atoms with Crippen LogP contribution >= 0.6 is 0 Å². The number of amides is 2. The zero-order valence-electron chi connectivity index (χ0n) is 18.3. The van der Waals surface area contributed by atoms with E-state index >= 15 is 0 Å². The smallest absolute Gasteiger partial charge is 0.396 e. The third-order valence-corrected chi connectivity index (χ3v) is 7.32. The number of imide groups is 1. The highest BCUT2D eigenvalue weighted by Gasteiger charge is 2.76. The van der Waals surface area contributed by atoms with Gasteiger partial charge >= 0.3 is 6.18 Å². The molecular formula is C22H23F3N4O4. The van der Waals surface area contributed by atoms with Crippen LogP contribution in [0.4, 0.5) is 18.9 Å². The number of alkyl halides is 3. The lowest BCUT2D eigenvalue weighted by molar-refractivity contribution is -0.138. The van der Waals surface area contributed by atoms with E-state index in [9.17, 15) is 22.8 Å². The van der Waals surface area contributed by atoms with Gasteiger partial charge in [-0.2, -0.15) is 13.2 Å². The molecule has 33 heavy (non-hydrogen) atoms. The second-order valence-electron chi connectivity index (χ2n) is 9.45. The van der Waals surface area contributed by atoms with Crippen LogP contribution in [0, 0.1) is 18.8 Å². The van der Waals surface area contributed by atoms with E-state index < -0.39 is 52.6 Å². The topological polar surface area (TPSA) is 97.6 Å². The van der Waals surface area contributed by atoms with Crippen LogP contribution in [0.2, 0.25) is 0 Å². The summed E-state index contributed by atoms with van der Waals surface area (Å²) in [5.74, 6) is -2.79. The summed E-state index contributed by atoms with van der Waals surface area (Å²) in [5.41, 5.74) is -2.45. The van der Waals surface area contributed by atoms with Gasteiger partial charge < -0.3 is 9.84 Å². The van der Waals surface area contributed by atoms with E-state index in [-0.39, 0.29) is 17.9 Å². The molecule has 0 unspecified atom stereocenters. The van der Waals surface area contributed by atoms with Crippen molar-refractivity contribution >= 4 is 17.5 Å². The SMILES string of the molecule is Cc1ccc(N2C(=O)[C@@H]3[C@H](C2=O)[C@@]2(C)C[C@@H](n4cc(CCO)nn4)[C@]3(C)O2)cc1C(F)(F)F. The third kappa shape index (κ3) is 2.98. The number of anilines is 1. The average molecular weight is 464 g/mol. The van der Waals surface area contributed by atoms with E-state index in [1.165, 1.54) is 19.1 Å². The fraction of sp³-hybridized carbons (Fsp3) is 0.545. The van der Waals surface area contributed by atoms with E-state index in [1.807, 2.05) is 0 Å². The van der Waals surface area contributed by atoms with Crippen LogP contribution in [-0.2, 0) is 26.9 Å². The molecule has 5 rings (SSSR count). The molecule has 4 heterocycles. The number of halogens is 3. The number of aliphatic hydroxyl groups is 1. The molecule has 3 aliphatic rings. The van der Waals surface area contributed by atoms with Gasteiger partial charge in [0, 0.05) is 25.6 Å². The Morgan fingerprint density at radius 1 is 1.21 bits per heavy atom. The van der Waals surface area contributed by atoms with Gasteiger partial charge in [-0.3, -0.25) is 9.59 Å². The predicted molar refractivity (Wildman–Crippen MR) is 108 cm³/mol. The van der Waals surface area contributed by atoms with E-state index in [2.05, 4.69) is 10.3 Å². The first-order valence-corrected chi connectivity index (χ1v) is 10.7. The number of carbonyl (C=O) groups excluding carboxylic acids is 2. The molecule has 11 heteroatoms. The summed E-state index contributed by atoms with van der Waals surface area (Å²) in [6.45, 7) is 4.75. The minimum absolute atomic E-state index is 0.0118. The Kier molecular flexibility index (Phi) is 4.58. The molecule has 1 aromatic heterocycles. The van der Waals surface area contributed by atoms with E-state index in [4.69, 9.17) is 9.84 Å². The molecule has 1 N–H and O–H groups in total. The maximum atomic E-state index is 13.5. The number of aliphatic hydroxyl groups excluding tert-OH is 1. The Bertz CT molecular complexity index is 1160. The highest BCUT2D eigenvalue weighted by molar-refractivity contribution is 6.23. The molecule has 2 aromatic rings. The Balaban J connectivity index is 1.53. The van der Waals surface area contributed by atoms with Crippen molar-refractivity contribution in [3.8, 4) is 0 Å². The summed E-state index contributed by atoms with van der Waals surface area (Å²) >= 11 is 0. The van der Waals surface area contributed by atoms with Crippen LogP contribution in [-0.4, -0.2) is 49.7 Å². The number of hydrogen-bond donors (Lipinski definition) is 1. The van der Waals surface area contributed by atoms with Crippen LogP contribution in [0.5, 0.6) is 0 Å². The summed E-state index contributed by atoms with van der Waals surface area (Å²) in [6.07, 6.45) is -2.20. The lowest BCUT2D eigenvalue weighted by Gasteiger charge is -2.35. The Hall–Kier alpha value is -2.79. The average Bonchev–Trinajstić information content (AvgIpc) is 3.41. The van der Waals surface area contributed by atoms with Crippen LogP contribution < -0.4 is 4.90 Å². The predicted octanol–water partition coefficient (Wildman–Crippen LogP) is 2.44. The van der Waals surface area contributed by atoms with E-state index in [0.29, 0.717) is 18.5 Å². The Morgan fingerprint density at radius 2 is 1.91 bits per heavy atom. The summed E-state index contributed by atoms with van der Waals surface area (Å²) in [5, 5.41) is 17.3. The Morgan fingerprint density at radius 3 is 2.58 bits per heavy atom. The monoisotopic (exact) mass is 464 g/mol. The summed E-state index contributed by atoms with van der Waals surface area (Å²) < 4.78 is 48.2. The van der Waals surface area contributed by atoms with Crippen molar-refractivity contribution in [3.05, 3.63) is 41.2 Å². The lowest BCUT2D eigenvalue weighted by atomic mass is 9.66. The summed E-state index contributed by atoms with van der Waals surface area (Å²) in [4.78, 5) is 27.8. The quantitative estimate of drug-likeness (QED) is 0.699. The molecule has 3 aliphatic heterocycles. The summed E-state index contributed by atoms with van der Waals surface area (Å²) in [6, 6.07) is 3.09. The number of ether oxygens (including phenoxy) is 1. The number of hydrogen-bond acceptors (Lipinski definition) is 6. The van der Waals surface area contributed by atoms with Crippen LogP contribution in [0.1, 0.15) is 43.1 Å². The lowest BCUT2D eigenvalue weighted by Crippen LogP contribution is -2.47. The molecule has 3 saturated heterocycles. The molecule has 0 spiro atoms. The largest absolute Gasteiger partial charge is 0.416 e. The first-order chi connectivity index (χ1) is 15.4. The van der Waals surface area contributed by atoms with Crippen LogP contribution in [0.25, 0.3) is 0 Å².